The number of hydrogen-bond acceptors (Lipinski definition) is 3. The third-order valence-electron chi connectivity index (χ3n) is 2.67. The van der Waals surface area contributed by atoms with Crippen molar-refractivity contribution in [2.45, 2.75) is 11.4 Å². The molecule has 0 bridgehead atoms. The van der Waals surface area contributed by atoms with Crippen molar-refractivity contribution in [1.29, 1.82) is 0 Å². The Morgan fingerprint density at radius 2 is 1.80 bits per heavy atom. The Bertz CT molecular complexity index is 718. The Hall–Kier alpha value is -1.44. The standard InChI is InChI=1S/C13H12BrFN2O2S/c14-10-3-1-9(2-4-10)8-17-13-6-5-11(7-12(13)15)20(16,18)19/h1-7,17H,8H2,(H2,16,18,19). The predicted octanol–water partition coefficient (Wildman–Crippen LogP) is 2.85. The van der Waals surface area contributed by atoms with Crippen molar-refractivity contribution in [3.63, 3.8) is 0 Å². The van der Waals surface area contributed by atoms with Gasteiger partial charge < -0.3 is 5.32 Å². The molecule has 0 aliphatic heterocycles. The lowest BCUT2D eigenvalue weighted by atomic mass is 10.2. The highest BCUT2D eigenvalue weighted by Gasteiger charge is 2.11. The van der Waals surface area contributed by atoms with Gasteiger partial charge >= 0.3 is 0 Å². The zero-order valence-electron chi connectivity index (χ0n) is 10.3. The fourth-order valence-corrected chi connectivity index (χ4v) is 2.41. The van der Waals surface area contributed by atoms with Gasteiger partial charge in [0, 0.05) is 11.0 Å². The third-order valence-corrected chi connectivity index (χ3v) is 4.10. The first kappa shape index (κ1) is 15.0. The molecule has 0 radical (unpaired) electrons. The quantitative estimate of drug-likeness (QED) is 0.882. The van der Waals surface area contributed by atoms with Gasteiger partial charge in [-0.25, -0.2) is 17.9 Å². The van der Waals surface area contributed by atoms with Crippen LogP contribution in [0.25, 0.3) is 0 Å². The summed E-state index contributed by atoms with van der Waals surface area (Å²) in [5, 5.41) is 7.84. The highest BCUT2D eigenvalue weighted by Crippen LogP contribution is 2.19. The van der Waals surface area contributed by atoms with Gasteiger partial charge in [-0.1, -0.05) is 28.1 Å². The summed E-state index contributed by atoms with van der Waals surface area (Å²) < 4.78 is 36.9. The zero-order chi connectivity index (χ0) is 14.8. The number of nitrogens with one attached hydrogen (secondary N) is 1. The molecule has 4 nitrogen and oxygen atoms in total. The van der Waals surface area contributed by atoms with Crippen LogP contribution in [-0.4, -0.2) is 8.42 Å². The van der Waals surface area contributed by atoms with Gasteiger partial charge in [0.1, 0.15) is 5.82 Å². The summed E-state index contributed by atoms with van der Waals surface area (Å²) in [5.74, 6) is -0.659. The molecule has 0 saturated carbocycles. The van der Waals surface area contributed by atoms with Gasteiger partial charge in [0.25, 0.3) is 0 Å². The van der Waals surface area contributed by atoms with Crippen LogP contribution in [0, 0.1) is 5.82 Å². The Kier molecular flexibility index (Phi) is 4.42. The van der Waals surface area contributed by atoms with E-state index in [0.29, 0.717) is 6.54 Å². The summed E-state index contributed by atoms with van der Waals surface area (Å²) in [6.45, 7) is 0.429. The van der Waals surface area contributed by atoms with Crippen LogP contribution in [0.4, 0.5) is 10.1 Å². The van der Waals surface area contributed by atoms with E-state index >= 15 is 0 Å². The summed E-state index contributed by atoms with van der Waals surface area (Å²) in [6, 6.07) is 11.1. The maximum absolute atomic E-state index is 13.8. The molecule has 0 unspecified atom stereocenters. The number of benzene rings is 2. The van der Waals surface area contributed by atoms with Gasteiger partial charge in [-0.15, -0.1) is 0 Å². The molecule has 0 heterocycles. The van der Waals surface area contributed by atoms with Gasteiger partial charge in [-0.2, -0.15) is 0 Å². The number of hydrogen-bond donors (Lipinski definition) is 2. The normalized spacial score (nSPS) is 11.3. The van der Waals surface area contributed by atoms with Crippen molar-refractivity contribution in [1.82, 2.24) is 0 Å². The number of anilines is 1. The molecule has 20 heavy (non-hydrogen) atoms. The largest absolute Gasteiger partial charge is 0.379 e. The molecule has 0 fully saturated rings. The second kappa shape index (κ2) is 5.90. The second-order valence-corrected chi connectivity index (χ2v) is 6.64. The predicted molar refractivity (Wildman–Crippen MR) is 79.2 cm³/mol. The first-order valence-electron chi connectivity index (χ1n) is 5.67. The molecule has 7 heteroatoms. The summed E-state index contributed by atoms with van der Waals surface area (Å²) in [6.07, 6.45) is 0. The Morgan fingerprint density at radius 3 is 2.35 bits per heavy atom. The average Bonchev–Trinajstić information content (AvgIpc) is 2.38. The van der Waals surface area contributed by atoms with Crippen LogP contribution in [0.1, 0.15) is 5.56 Å². The number of sulfonamides is 1. The van der Waals surface area contributed by atoms with Crippen LogP contribution in [0.15, 0.2) is 51.8 Å². The van der Waals surface area contributed by atoms with Crippen LogP contribution >= 0.6 is 15.9 Å². The lowest BCUT2D eigenvalue weighted by Crippen LogP contribution is -2.12. The fourth-order valence-electron chi connectivity index (χ4n) is 1.62. The Labute approximate surface area is 125 Å². The van der Waals surface area contributed by atoms with Gasteiger partial charge in [-0.05, 0) is 35.9 Å². The Morgan fingerprint density at radius 1 is 1.15 bits per heavy atom. The molecule has 3 N–H and O–H groups in total. The first-order chi connectivity index (χ1) is 9.36. The Balaban J connectivity index is 2.12. The minimum absolute atomic E-state index is 0.223. The topological polar surface area (TPSA) is 72.2 Å². The summed E-state index contributed by atoms with van der Waals surface area (Å²) in [7, 11) is -3.89. The second-order valence-electron chi connectivity index (χ2n) is 4.17. The molecule has 106 valence electrons. The molecular formula is C13H12BrFN2O2S. The van der Waals surface area contributed by atoms with E-state index in [2.05, 4.69) is 21.2 Å². The van der Waals surface area contributed by atoms with E-state index in [4.69, 9.17) is 5.14 Å². The maximum Gasteiger partial charge on any atom is 0.238 e. The first-order valence-corrected chi connectivity index (χ1v) is 8.01. The van der Waals surface area contributed by atoms with Crippen molar-refractivity contribution in [2.75, 3.05) is 5.32 Å². The summed E-state index contributed by atoms with van der Waals surface area (Å²) in [4.78, 5) is -0.246. The van der Waals surface area contributed by atoms with E-state index in [0.717, 1.165) is 16.1 Å². The summed E-state index contributed by atoms with van der Waals surface area (Å²) in [5.41, 5.74) is 1.20. The molecule has 2 rings (SSSR count). The molecular weight excluding hydrogens is 347 g/mol. The van der Waals surface area contributed by atoms with Crippen LogP contribution in [-0.2, 0) is 16.6 Å². The van der Waals surface area contributed by atoms with E-state index in [1.165, 1.54) is 12.1 Å². The zero-order valence-corrected chi connectivity index (χ0v) is 12.7. The molecule has 0 amide bonds. The van der Waals surface area contributed by atoms with Crippen molar-refractivity contribution in [2.24, 2.45) is 5.14 Å². The highest BCUT2D eigenvalue weighted by atomic mass is 79.9. The molecule has 0 spiro atoms. The molecule has 0 atom stereocenters. The molecule has 2 aromatic carbocycles. The number of halogens is 2. The van der Waals surface area contributed by atoms with Crippen LogP contribution in [0.3, 0.4) is 0 Å². The van der Waals surface area contributed by atoms with Crippen molar-refractivity contribution in [3.05, 3.63) is 58.3 Å². The van der Waals surface area contributed by atoms with E-state index in [-0.39, 0.29) is 10.6 Å². The monoisotopic (exact) mass is 358 g/mol. The van der Waals surface area contributed by atoms with Crippen LogP contribution in [0.2, 0.25) is 0 Å². The van der Waals surface area contributed by atoms with E-state index in [1.807, 2.05) is 24.3 Å². The van der Waals surface area contributed by atoms with Gasteiger partial charge in [0.2, 0.25) is 10.0 Å². The van der Waals surface area contributed by atoms with Crippen LogP contribution in [0.5, 0.6) is 0 Å². The molecule has 0 aliphatic rings. The van der Waals surface area contributed by atoms with Gasteiger partial charge in [0.05, 0.1) is 10.6 Å². The number of nitrogens with two attached hydrogens (primary N) is 1. The number of primary sulfonamides is 1. The maximum atomic E-state index is 13.8. The molecule has 0 saturated heterocycles. The lowest BCUT2D eigenvalue weighted by molar-refractivity contribution is 0.593. The third kappa shape index (κ3) is 3.78. The van der Waals surface area contributed by atoms with Gasteiger partial charge in [0.15, 0.2) is 0 Å². The van der Waals surface area contributed by atoms with Crippen molar-refractivity contribution in [3.8, 4) is 0 Å². The van der Waals surface area contributed by atoms with Crippen molar-refractivity contribution < 1.29 is 12.8 Å². The van der Waals surface area contributed by atoms with E-state index in [1.54, 1.807) is 0 Å². The fraction of sp³-hybridized carbons (Fsp3) is 0.0769. The molecule has 0 aromatic heterocycles. The van der Waals surface area contributed by atoms with Crippen LogP contribution < -0.4 is 10.5 Å². The molecule has 0 aliphatic carbocycles. The average molecular weight is 359 g/mol. The lowest BCUT2D eigenvalue weighted by Gasteiger charge is -2.09. The minimum atomic E-state index is -3.89. The van der Waals surface area contributed by atoms with E-state index < -0.39 is 15.8 Å². The van der Waals surface area contributed by atoms with Crippen molar-refractivity contribution >= 4 is 31.6 Å². The number of rotatable bonds is 4. The summed E-state index contributed by atoms with van der Waals surface area (Å²) >= 11 is 3.33. The highest BCUT2D eigenvalue weighted by molar-refractivity contribution is 9.10. The smallest absolute Gasteiger partial charge is 0.238 e. The van der Waals surface area contributed by atoms with Gasteiger partial charge in [-0.3, -0.25) is 0 Å². The molecule has 2 aromatic rings. The van der Waals surface area contributed by atoms with E-state index in [9.17, 15) is 12.8 Å². The SMILES string of the molecule is NS(=O)(=O)c1ccc(NCc2ccc(Br)cc2)c(F)c1. The minimum Gasteiger partial charge on any atom is -0.379 e.